The minimum atomic E-state index is 0.310. The third kappa shape index (κ3) is 3.18. The van der Waals surface area contributed by atoms with Crippen LogP contribution in [0.3, 0.4) is 0 Å². The van der Waals surface area contributed by atoms with E-state index in [0.29, 0.717) is 11.5 Å². The summed E-state index contributed by atoms with van der Waals surface area (Å²) in [6, 6.07) is 0.695. The lowest BCUT2D eigenvalue weighted by Crippen LogP contribution is -2.51. The van der Waals surface area contributed by atoms with Crippen LogP contribution in [0.25, 0.3) is 0 Å². The molecule has 2 rings (SSSR count). The second-order valence-corrected chi connectivity index (χ2v) is 6.85. The Hall–Kier alpha value is -0.730. The van der Waals surface area contributed by atoms with E-state index in [2.05, 4.69) is 38.0 Å². The highest BCUT2D eigenvalue weighted by Gasteiger charge is 2.28. The van der Waals surface area contributed by atoms with Gasteiger partial charge in [0.2, 0.25) is 0 Å². The molecule has 2 aliphatic rings. The van der Waals surface area contributed by atoms with Crippen LogP contribution in [0.15, 0.2) is 4.99 Å². The number of aliphatic imine (C=N–C) groups is 1. The summed E-state index contributed by atoms with van der Waals surface area (Å²) in [6.45, 7) is 8.85. The Morgan fingerprint density at radius 1 is 1.28 bits per heavy atom. The van der Waals surface area contributed by atoms with Crippen LogP contribution in [0.4, 0.5) is 0 Å². The smallest absolute Gasteiger partial charge is 0.193 e. The number of hydrogen-bond acceptors (Lipinski definition) is 3. The first-order chi connectivity index (χ1) is 8.52. The lowest BCUT2D eigenvalue weighted by molar-refractivity contribution is 0.216. The molecule has 0 saturated heterocycles. The van der Waals surface area contributed by atoms with Gasteiger partial charge >= 0.3 is 0 Å². The summed E-state index contributed by atoms with van der Waals surface area (Å²) in [7, 11) is 2.21. The molecule has 3 heteroatoms. The summed E-state index contributed by atoms with van der Waals surface area (Å²) in [5.74, 6) is 2.09. The maximum absolute atomic E-state index is 4.73. The molecule has 0 unspecified atom stereocenters. The monoisotopic (exact) mass is 251 g/mol. The van der Waals surface area contributed by atoms with Gasteiger partial charge in [0.15, 0.2) is 5.96 Å². The minimum Gasteiger partial charge on any atom is -0.356 e. The number of guanidine groups is 1. The average Bonchev–Trinajstić information content (AvgIpc) is 2.38. The minimum absolute atomic E-state index is 0.310. The first kappa shape index (κ1) is 13.7. The predicted octanol–water partition coefficient (Wildman–Crippen LogP) is 2.87. The lowest BCUT2D eigenvalue weighted by atomic mass is 9.84. The molecule has 0 radical (unpaired) electrons. The molecule has 0 atom stereocenters. The van der Waals surface area contributed by atoms with Gasteiger partial charge in [0, 0.05) is 31.6 Å². The molecule has 0 aromatic heterocycles. The third-order valence-electron chi connectivity index (χ3n) is 4.66. The fourth-order valence-corrected chi connectivity index (χ4v) is 3.07. The Bertz CT molecular complexity index is 301. The summed E-state index contributed by atoms with van der Waals surface area (Å²) in [5.41, 5.74) is 0.310. The molecule has 1 saturated carbocycles. The highest BCUT2D eigenvalue weighted by atomic mass is 15.3. The first-order valence-electron chi connectivity index (χ1n) is 7.53. The van der Waals surface area contributed by atoms with Crippen molar-refractivity contribution in [2.75, 3.05) is 20.1 Å². The van der Waals surface area contributed by atoms with Crippen molar-refractivity contribution < 1.29 is 0 Å². The molecule has 1 aliphatic carbocycles. The van der Waals surface area contributed by atoms with Gasteiger partial charge in [-0.2, -0.15) is 0 Å². The van der Waals surface area contributed by atoms with Crippen LogP contribution >= 0.6 is 0 Å². The number of rotatable bonds is 2. The van der Waals surface area contributed by atoms with Crippen LogP contribution < -0.4 is 5.32 Å². The van der Waals surface area contributed by atoms with Gasteiger partial charge in [0.05, 0.1) is 0 Å². The molecule has 0 spiro atoms. The van der Waals surface area contributed by atoms with E-state index < -0.39 is 0 Å². The van der Waals surface area contributed by atoms with Gasteiger partial charge in [-0.3, -0.25) is 4.99 Å². The number of hydrogen-bond donors (Lipinski definition) is 1. The van der Waals surface area contributed by atoms with E-state index in [-0.39, 0.29) is 0 Å². The Balaban J connectivity index is 1.89. The molecule has 0 amide bonds. The van der Waals surface area contributed by atoms with Crippen molar-refractivity contribution in [2.24, 2.45) is 16.3 Å². The molecule has 0 bridgehead atoms. The van der Waals surface area contributed by atoms with Gasteiger partial charge in [-0.1, -0.05) is 27.2 Å². The molecule has 1 heterocycles. The number of nitrogens with one attached hydrogen (secondary N) is 1. The van der Waals surface area contributed by atoms with Gasteiger partial charge in [-0.25, -0.2) is 0 Å². The van der Waals surface area contributed by atoms with Crippen LogP contribution in [0, 0.1) is 11.3 Å². The van der Waals surface area contributed by atoms with Gasteiger partial charge in [-0.05, 0) is 31.6 Å². The first-order valence-corrected chi connectivity index (χ1v) is 7.53. The molecule has 1 aliphatic heterocycles. The molecule has 18 heavy (non-hydrogen) atoms. The van der Waals surface area contributed by atoms with Crippen LogP contribution in [0.1, 0.15) is 52.9 Å². The topological polar surface area (TPSA) is 27.6 Å². The second-order valence-electron chi connectivity index (χ2n) is 6.85. The summed E-state index contributed by atoms with van der Waals surface area (Å²) < 4.78 is 0. The van der Waals surface area contributed by atoms with Gasteiger partial charge in [0.25, 0.3) is 0 Å². The standard InChI is InChI=1S/C15H29N3/c1-5-12-6-8-13(9-7-12)18(4)14-16-10-15(2,3)11-17-14/h12-13H,5-11H2,1-4H3,(H,16,17). The average molecular weight is 251 g/mol. The Kier molecular flexibility index (Phi) is 4.18. The third-order valence-corrected chi connectivity index (χ3v) is 4.66. The molecule has 0 aromatic rings. The van der Waals surface area contributed by atoms with E-state index >= 15 is 0 Å². The zero-order valence-electron chi connectivity index (χ0n) is 12.5. The maximum Gasteiger partial charge on any atom is 0.193 e. The van der Waals surface area contributed by atoms with E-state index in [9.17, 15) is 0 Å². The van der Waals surface area contributed by atoms with Crippen LogP contribution in [0.5, 0.6) is 0 Å². The Morgan fingerprint density at radius 3 is 2.44 bits per heavy atom. The van der Waals surface area contributed by atoms with Gasteiger partial charge in [0.1, 0.15) is 0 Å². The van der Waals surface area contributed by atoms with Crippen molar-refractivity contribution in [1.82, 2.24) is 10.2 Å². The molecule has 3 nitrogen and oxygen atoms in total. The van der Waals surface area contributed by atoms with E-state index in [0.717, 1.165) is 25.0 Å². The predicted molar refractivity (Wildman–Crippen MR) is 77.9 cm³/mol. The quantitative estimate of drug-likeness (QED) is 0.817. The van der Waals surface area contributed by atoms with Crippen LogP contribution in [0.2, 0.25) is 0 Å². The lowest BCUT2D eigenvalue weighted by Gasteiger charge is -2.39. The number of nitrogens with zero attached hydrogens (tertiary/aromatic N) is 2. The van der Waals surface area contributed by atoms with E-state index in [1.165, 1.54) is 32.1 Å². The molecule has 0 aromatic carbocycles. The van der Waals surface area contributed by atoms with Crippen molar-refractivity contribution in [2.45, 2.75) is 58.9 Å². The summed E-state index contributed by atoms with van der Waals surface area (Å²) in [4.78, 5) is 7.12. The molecule has 1 fully saturated rings. The van der Waals surface area contributed by atoms with Crippen molar-refractivity contribution in [1.29, 1.82) is 0 Å². The zero-order valence-corrected chi connectivity index (χ0v) is 12.5. The largest absolute Gasteiger partial charge is 0.356 e. The van der Waals surface area contributed by atoms with Gasteiger partial charge < -0.3 is 10.2 Å². The van der Waals surface area contributed by atoms with Crippen molar-refractivity contribution in [3.63, 3.8) is 0 Å². The van der Waals surface area contributed by atoms with Gasteiger partial charge in [-0.15, -0.1) is 0 Å². The van der Waals surface area contributed by atoms with Crippen LogP contribution in [-0.4, -0.2) is 37.0 Å². The van der Waals surface area contributed by atoms with E-state index in [1.807, 2.05) is 0 Å². The highest BCUT2D eigenvalue weighted by molar-refractivity contribution is 5.80. The molecule has 104 valence electrons. The summed E-state index contributed by atoms with van der Waals surface area (Å²) >= 11 is 0. The van der Waals surface area contributed by atoms with E-state index in [4.69, 9.17) is 4.99 Å². The Morgan fingerprint density at radius 2 is 1.94 bits per heavy atom. The fraction of sp³-hybridized carbons (Fsp3) is 0.933. The highest BCUT2D eigenvalue weighted by Crippen LogP contribution is 2.29. The Labute approximate surface area is 112 Å². The van der Waals surface area contributed by atoms with Crippen molar-refractivity contribution >= 4 is 5.96 Å². The van der Waals surface area contributed by atoms with Crippen LogP contribution in [-0.2, 0) is 0 Å². The molecular weight excluding hydrogens is 222 g/mol. The van der Waals surface area contributed by atoms with Crippen molar-refractivity contribution in [3.05, 3.63) is 0 Å². The normalized spacial score (nSPS) is 31.4. The second kappa shape index (κ2) is 5.50. The SMILES string of the molecule is CCC1CCC(N(C)C2=NCC(C)(C)CN2)CC1. The molecular formula is C15H29N3. The maximum atomic E-state index is 4.73. The summed E-state index contributed by atoms with van der Waals surface area (Å²) in [6.07, 6.45) is 6.80. The fourth-order valence-electron chi connectivity index (χ4n) is 3.07. The zero-order chi connectivity index (χ0) is 13.2. The van der Waals surface area contributed by atoms with E-state index in [1.54, 1.807) is 0 Å². The summed E-state index contributed by atoms with van der Waals surface area (Å²) in [5, 5.41) is 3.51. The van der Waals surface area contributed by atoms with Crippen molar-refractivity contribution in [3.8, 4) is 0 Å². The molecule has 1 N–H and O–H groups in total.